The summed E-state index contributed by atoms with van der Waals surface area (Å²) in [5.74, 6) is -0.469. The maximum atomic E-state index is 13.9. The molecule has 0 aliphatic rings. The molecule has 1 N–H and O–H groups in total. The van der Waals surface area contributed by atoms with Crippen molar-refractivity contribution in [3.05, 3.63) is 86.2 Å². The van der Waals surface area contributed by atoms with Crippen LogP contribution in [0.1, 0.15) is 11.1 Å². The van der Waals surface area contributed by atoms with E-state index in [4.69, 9.17) is 23.2 Å². The van der Waals surface area contributed by atoms with Crippen molar-refractivity contribution >= 4 is 56.9 Å². The molecule has 4 nitrogen and oxygen atoms in total. The second-order valence-electron chi connectivity index (χ2n) is 5.57. The summed E-state index contributed by atoms with van der Waals surface area (Å²) in [5.41, 5.74) is 1.05. The van der Waals surface area contributed by atoms with Crippen LogP contribution in [0.4, 0.5) is 10.2 Å². The maximum absolute atomic E-state index is 13.9. The standard InChI is InChI=1S/C19H13BrCl2FN3O/c20-14-11-26(10-13-16(22)6-3-7-17(13)23)25-19(14)24-18(27)9-8-12-4-1-2-5-15(12)21/h1-9,11H,10H2,(H,24,25,27)/b9-8+. The zero-order chi connectivity index (χ0) is 19.4. The highest BCUT2D eigenvalue weighted by Gasteiger charge is 2.12. The van der Waals surface area contributed by atoms with Gasteiger partial charge in [0.1, 0.15) is 5.82 Å². The quantitative estimate of drug-likeness (QED) is 0.481. The number of rotatable bonds is 5. The summed E-state index contributed by atoms with van der Waals surface area (Å²) in [5, 5.41) is 7.78. The Morgan fingerprint density at radius 2 is 1.93 bits per heavy atom. The largest absolute Gasteiger partial charge is 0.305 e. The van der Waals surface area contributed by atoms with Gasteiger partial charge in [-0.15, -0.1) is 0 Å². The van der Waals surface area contributed by atoms with Crippen molar-refractivity contribution in [3.63, 3.8) is 0 Å². The third-order valence-corrected chi connectivity index (χ3v) is 4.94. The molecular weight excluding hydrogens is 456 g/mol. The van der Waals surface area contributed by atoms with Crippen LogP contribution < -0.4 is 5.32 Å². The smallest absolute Gasteiger partial charge is 0.249 e. The first kappa shape index (κ1) is 19.6. The normalized spacial score (nSPS) is 11.1. The van der Waals surface area contributed by atoms with Gasteiger partial charge in [-0.2, -0.15) is 5.10 Å². The first-order valence-electron chi connectivity index (χ1n) is 7.83. The Labute approximate surface area is 173 Å². The lowest BCUT2D eigenvalue weighted by Crippen LogP contribution is -2.10. The molecule has 0 spiro atoms. The molecule has 0 aliphatic heterocycles. The molecule has 0 saturated heterocycles. The van der Waals surface area contributed by atoms with Crippen LogP contribution in [-0.4, -0.2) is 15.7 Å². The van der Waals surface area contributed by atoms with Gasteiger partial charge in [0, 0.05) is 27.9 Å². The molecule has 0 bridgehead atoms. The lowest BCUT2D eigenvalue weighted by Gasteiger charge is -2.05. The monoisotopic (exact) mass is 467 g/mol. The number of hydrogen-bond donors (Lipinski definition) is 1. The molecule has 0 atom stereocenters. The van der Waals surface area contributed by atoms with Gasteiger partial charge in [0.25, 0.3) is 0 Å². The summed E-state index contributed by atoms with van der Waals surface area (Å²) in [7, 11) is 0. The molecular formula is C19H13BrCl2FN3O. The zero-order valence-electron chi connectivity index (χ0n) is 13.8. The van der Waals surface area contributed by atoms with Crippen LogP contribution in [0.2, 0.25) is 10.0 Å². The van der Waals surface area contributed by atoms with Crippen molar-refractivity contribution < 1.29 is 9.18 Å². The van der Waals surface area contributed by atoms with Crippen molar-refractivity contribution in [2.45, 2.75) is 6.54 Å². The van der Waals surface area contributed by atoms with Crippen LogP contribution in [0.25, 0.3) is 6.08 Å². The molecule has 27 heavy (non-hydrogen) atoms. The van der Waals surface area contributed by atoms with Crippen molar-refractivity contribution in [2.24, 2.45) is 0 Å². The topological polar surface area (TPSA) is 46.9 Å². The second kappa shape index (κ2) is 8.69. The van der Waals surface area contributed by atoms with Gasteiger partial charge < -0.3 is 5.32 Å². The van der Waals surface area contributed by atoms with Gasteiger partial charge in [0.05, 0.1) is 11.0 Å². The first-order valence-corrected chi connectivity index (χ1v) is 9.38. The molecule has 2 aromatic carbocycles. The van der Waals surface area contributed by atoms with Crippen LogP contribution in [0.3, 0.4) is 0 Å². The summed E-state index contributed by atoms with van der Waals surface area (Å²) in [6, 6.07) is 11.7. The lowest BCUT2D eigenvalue weighted by molar-refractivity contribution is -0.111. The fraction of sp³-hybridized carbons (Fsp3) is 0.0526. The average Bonchev–Trinajstić information content (AvgIpc) is 2.97. The third kappa shape index (κ3) is 4.97. The van der Waals surface area contributed by atoms with Crippen LogP contribution in [0.15, 0.2) is 59.2 Å². The molecule has 0 unspecified atom stereocenters. The Hall–Kier alpha value is -2.15. The van der Waals surface area contributed by atoms with E-state index in [1.54, 1.807) is 30.5 Å². The summed E-state index contributed by atoms with van der Waals surface area (Å²) in [4.78, 5) is 12.1. The molecule has 1 amide bonds. The fourth-order valence-electron chi connectivity index (χ4n) is 2.34. The SMILES string of the molecule is O=C(/C=C/c1ccccc1Cl)Nc1nn(Cc2c(F)cccc2Cl)cc1Br. The predicted octanol–water partition coefficient (Wildman–Crippen LogP) is 5.79. The number of benzene rings is 2. The predicted molar refractivity (Wildman–Crippen MR) is 110 cm³/mol. The summed E-state index contributed by atoms with van der Waals surface area (Å²) in [6.07, 6.45) is 4.61. The minimum Gasteiger partial charge on any atom is -0.305 e. The highest BCUT2D eigenvalue weighted by Crippen LogP contribution is 2.24. The molecule has 0 aliphatic carbocycles. The van der Waals surface area contributed by atoms with Crippen molar-refractivity contribution in [3.8, 4) is 0 Å². The highest BCUT2D eigenvalue weighted by molar-refractivity contribution is 9.10. The van der Waals surface area contributed by atoms with Crippen molar-refractivity contribution in [2.75, 3.05) is 5.32 Å². The number of hydrogen-bond acceptors (Lipinski definition) is 2. The van der Waals surface area contributed by atoms with E-state index in [0.717, 1.165) is 5.56 Å². The van der Waals surface area contributed by atoms with E-state index < -0.39 is 5.82 Å². The number of carbonyl (C=O) groups is 1. The molecule has 1 heterocycles. The van der Waals surface area contributed by atoms with E-state index in [1.807, 2.05) is 12.1 Å². The van der Waals surface area contributed by atoms with Crippen LogP contribution >= 0.6 is 39.1 Å². The minimum atomic E-state index is -0.414. The Bertz CT molecular complexity index is 1000. The molecule has 3 rings (SSSR count). The number of nitrogens with one attached hydrogen (secondary N) is 1. The Morgan fingerprint density at radius 1 is 1.19 bits per heavy atom. The molecule has 0 fully saturated rings. The van der Waals surface area contributed by atoms with E-state index in [0.29, 0.717) is 25.9 Å². The lowest BCUT2D eigenvalue weighted by atomic mass is 10.2. The number of halogens is 4. The zero-order valence-corrected chi connectivity index (χ0v) is 16.9. The Morgan fingerprint density at radius 3 is 2.67 bits per heavy atom. The summed E-state index contributed by atoms with van der Waals surface area (Å²) < 4.78 is 16.0. The van der Waals surface area contributed by atoms with Gasteiger partial charge in [-0.1, -0.05) is 47.5 Å². The number of amides is 1. The van der Waals surface area contributed by atoms with Gasteiger partial charge in [-0.25, -0.2) is 4.39 Å². The van der Waals surface area contributed by atoms with Crippen molar-refractivity contribution in [1.29, 1.82) is 0 Å². The summed E-state index contributed by atoms with van der Waals surface area (Å²) in [6.45, 7) is 0.134. The van der Waals surface area contributed by atoms with Crippen molar-refractivity contribution in [1.82, 2.24) is 9.78 Å². The minimum absolute atomic E-state index is 0.134. The molecule has 0 radical (unpaired) electrons. The van der Waals surface area contributed by atoms with Gasteiger partial charge in [0.15, 0.2) is 5.82 Å². The van der Waals surface area contributed by atoms with Gasteiger partial charge in [0.2, 0.25) is 5.91 Å². The number of nitrogens with zero attached hydrogens (tertiary/aromatic N) is 2. The maximum Gasteiger partial charge on any atom is 0.249 e. The number of aromatic nitrogens is 2. The number of carbonyl (C=O) groups excluding carboxylic acids is 1. The number of anilines is 1. The molecule has 138 valence electrons. The highest BCUT2D eigenvalue weighted by atomic mass is 79.9. The van der Waals surface area contributed by atoms with E-state index in [1.165, 1.54) is 22.9 Å². The Kier molecular flexibility index (Phi) is 6.31. The van der Waals surface area contributed by atoms with Gasteiger partial charge in [-0.05, 0) is 45.8 Å². The molecule has 8 heteroatoms. The fourth-order valence-corrected chi connectivity index (χ4v) is 3.18. The van der Waals surface area contributed by atoms with Gasteiger partial charge in [-0.3, -0.25) is 9.48 Å². The molecule has 1 aromatic heterocycles. The third-order valence-electron chi connectivity index (χ3n) is 3.66. The second-order valence-corrected chi connectivity index (χ2v) is 7.24. The van der Waals surface area contributed by atoms with E-state index in [2.05, 4.69) is 26.3 Å². The first-order chi connectivity index (χ1) is 12.9. The average molecular weight is 469 g/mol. The Balaban J connectivity index is 1.71. The summed E-state index contributed by atoms with van der Waals surface area (Å²) >= 11 is 15.4. The van der Waals surface area contributed by atoms with Gasteiger partial charge >= 0.3 is 0 Å². The van der Waals surface area contributed by atoms with E-state index >= 15 is 0 Å². The molecule has 0 saturated carbocycles. The van der Waals surface area contributed by atoms with Crippen LogP contribution in [-0.2, 0) is 11.3 Å². The van der Waals surface area contributed by atoms with E-state index in [9.17, 15) is 9.18 Å². The van der Waals surface area contributed by atoms with Crippen LogP contribution in [0, 0.1) is 5.82 Å². The van der Waals surface area contributed by atoms with E-state index in [-0.39, 0.29) is 12.5 Å². The van der Waals surface area contributed by atoms with Crippen LogP contribution in [0.5, 0.6) is 0 Å². The molecule has 3 aromatic rings.